The summed E-state index contributed by atoms with van der Waals surface area (Å²) in [7, 11) is 0. The lowest BCUT2D eigenvalue weighted by Crippen LogP contribution is -2.53. The van der Waals surface area contributed by atoms with E-state index in [0.717, 1.165) is 45.1 Å². The number of carbonyl (C=O) groups excluding carboxylic acids is 1. The van der Waals surface area contributed by atoms with Gasteiger partial charge in [0, 0.05) is 12.5 Å². The van der Waals surface area contributed by atoms with E-state index in [1.807, 2.05) is 6.92 Å². The minimum Gasteiger partial charge on any atom is -0.375 e. The van der Waals surface area contributed by atoms with Crippen molar-refractivity contribution in [3.8, 4) is 0 Å². The van der Waals surface area contributed by atoms with Crippen molar-refractivity contribution >= 4 is 5.78 Å². The first-order chi connectivity index (χ1) is 8.54. The second kappa shape index (κ2) is 4.31. The van der Waals surface area contributed by atoms with Crippen molar-refractivity contribution in [2.75, 3.05) is 6.61 Å². The Labute approximate surface area is 109 Å². The first-order valence-electron chi connectivity index (χ1n) is 7.51. The summed E-state index contributed by atoms with van der Waals surface area (Å²) in [5, 5.41) is 0. The van der Waals surface area contributed by atoms with Crippen molar-refractivity contribution in [3.63, 3.8) is 0 Å². The van der Waals surface area contributed by atoms with Crippen molar-refractivity contribution in [1.82, 2.24) is 0 Å². The molecule has 1 heterocycles. The maximum absolute atomic E-state index is 12.7. The third-order valence-electron chi connectivity index (χ3n) is 5.33. The van der Waals surface area contributed by atoms with Crippen LogP contribution in [0.2, 0.25) is 0 Å². The highest BCUT2D eigenvalue weighted by Gasteiger charge is 2.49. The number of ketones is 1. The molecule has 2 atom stereocenters. The van der Waals surface area contributed by atoms with Crippen molar-refractivity contribution in [2.24, 2.45) is 17.6 Å². The van der Waals surface area contributed by atoms with Gasteiger partial charge in [0.1, 0.15) is 0 Å². The standard InChI is InChI=1S/C15H25NO2/c1-14(16,12-4-5-12)13(17)11-6-9-18-15(10-11)7-2-3-8-15/h11-12H,2-10,16H2,1H3. The number of hydrogen-bond donors (Lipinski definition) is 1. The number of nitrogens with two attached hydrogens (primary N) is 1. The first-order valence-corrected chi connectivity index (χ1v) is 7.51. The number of ether oxygens (including phenoxy) is 1. The number of Topliss-reactive ketones (excluding diaryl/α,β-unsaturated/α-hetero) is 1. The lowest BCUT2D eigenvalue weighted by atomic mass is 9.75. The van der Waals surface area contributed by atoms with E-state index in [-0.39, 0.29) is 11.5 Å². The number of rotatable bonds is 3. The maximum atomic E-state index is 12.7. The van der Waals surface area contributed by atoms with E-state index in [4.69, 9.17) is 10.5 Å². The zero-order chi connectivity index (χ0) is 12.8. The predicted molar refractivity (Wildman–Crippen MR) is 70.2 cm³/mol. The van der Waals surface area contributed by atoms with Crippen LogP contribution < -0.4 is 5.73 Å². The molecule has 0 bridgehead atoms. The van der Waals surface area contributed by atoms with Crippen LogP contribution in [0.15, 0.2) is 0 Å². The highest BCUT2D eigenvalue weighted by Crippen LogP contribution is 2.45. The van der Waals surface area contributed by atoms with Crippen LogP contribution in [0, 0.1) is 11.8 Å². The summed E-state index contributed by atoms with van der Waals surface area (Å²) in [6, 6.07) is 0. The molecule has 3 heteroatoms. The zero-order valence-electron chi connectivity index (χ0n) is 11.4. The predicted octanol–water partition coefficient (Wildman–Crippen LogP) is 2.42. The van der Waals surface area contributed by atoms with Gasteiger partial charge >= 0.3 is 0 Å². The summed E-state index contributed by atoms with van der Waals surface area (Å²) in [5.74, 6) is 0.888. The van der Waals surface area contributed by atoms with E-state index < -0.39 is 5.54 Å². The normalized spacial score (nSPS) is 34.4. The SMILES string of the molecule is CC(N)(C(=O)C1CCOC2(CCCC2)C1)C1CC1. The fraction of sp³-hybridized carbons (Fsp3) is 0.933. The average Bonchev–Trinajstić information content (AvgIpc) is 3.13. The van der Waals surface area contributed by atoms with Gasteiger partial charge in [0.15, 0.2) is 5.78 Å². The summed E-state index contributed by atoms with van der Waals surface area (Å²) >= 11 is 0. The third-order valence-corrected chi connectivity index (χ3v) is 5.33. The van der Waals surface area contributed by atoms with Gasteiger partial charge in [-0.3, -0.25) is 4.79 Å². The second-order valence-corrected chi connectivity index (χ2v) is 6.85. The monoisotopic (exact) mass is 251 g/mol. The molecule has 1 aliphatic heterocycles. The largest absolute Gasteiger partial charge is 0.375 e. The molecular weight excluding hydrogens is 226 g/mol. The summed E-state index contributed by atoms with van der Waals surface area (Å²) in [4.78, 5) is 12.7. The summed E-state index contributed by atoms with van der Waals surface area (Å²) in [6.45, 7) is 2.70. The van der Waals surface area contributed by atoms with Crippen LogP contribution >= 0.6 is 0 Å². The quantitative estimate of drug-likeness (QED) is 0.838. The molecule has 2 unspecified atom stereocenters. The van der Waals surface area contributed by atoms with E-state index in [1.54, 1.807) is 0 Å². The molecule has 0 aromatic rings. The highest BCUT2D eigenvalue weighted by atomic mass is 16.5. The van der Waals surface area contributed by atoms with E-state index >= 15 is 0 Å². The van der Waals surface area contributed by atoms with Crippen LogP contribution in [0.4, 0.5) is 0 Å². The van der Waals surface area contributed by atoms with Crippen LogP contribution in [-0.2, 0) is 9.53 Å². The summed E-state index contributed by atoms with van der Waals surface area (Å²) in [6.07, 6.45) is 8.85. The molecule has 2 saturated carbocycles. The van der Waals surface area contributed by atoms with E-state index in [1.165, 1.54) is 12.8 Å². The van der Waals surface area contributed by atoms with Crippen molar-refractivity contribution < 1.29 is 9.53 Å². The minimum absolute atomic E-state index is 0.0260. The molecule has 1 saturated heterocycles. The minimum atomic E-state index is -0.582. The Balaban J connectivity index is 1.70. The molecular formula is C15H25NO2. The Morgan fingerprint density at radius 1 is 1.28 bits per heavy atom. The molecule has 3 fully saturated rings. The van der Waals surface area contributed by atoms with Gasteiger partial charge < -0.3 is 10.5 Å². The Morgan fingerprint density at radius 2 is 1.94 bits per heavy atom. The molecule has 0 aromatic carbocycles. The van der Waals surface area contributed by atoms with Crippen molar-refractivity contribution in [1.29, 1.82) is 0 Å². The lowest BCUT2D eigenvalue weighted by molar-refractivity contribution is -0.141. The Kier molecular flexibility index (Phi) is 3.02. The van der Waals surface area contributed by atoms with Crippen LogP contribution in [0.25, 0.3) is 0 Å². The van der Waals surface area contributed by atoms with E-state index in [0.29, 0.717) is 11.7 Å². The van der Waals surface area contributed by atoms with Gasteiger partial charge in [0.2, 0.25) is 0 Å². The van der Waals surface area contributed by atoms with Gasteiger partial charge in [-0.25, -0.2) is 0 Å². The Bertz CT molecular complexity index is 340. The molecule has 3 nitrogen and oxygen atoms in total. The average molecular weight is 251 g/mol. The Hall–Kier alpha value is -0.410. The molecule has 0 radical (unpaired) electrons. The molecule has 102 valence electrons. The molecule has 3 rings (SSSR count). The molecule has 0 aromatic heterocycles. The van der Waals surface area contributed by atoms with Gasteiger partial charge in [-0.1, -0.05) is 12.8 Å². The Morgan fingerprint density at radius 3 is 2.56 bits per heavy atom. The topological polar surface area (TPSA) is 52.3 Å². The van der Waals surface area contributed by atoms with Gasteiger partial charge in [0.05, 0.1) is 11.1 Å². The van der Waals surface area contributed by atoms with Gasteiger partial charge in [-0.2, -0.15) is 0 Å². The van der Waals surface area contributed by atoms with Crippen LogP contribution in [0.3, 0.4) is 0 Å². The van der Waals surface area contributed by atoms with Gasteiger partial charge in [-0.15, -0.1) is 0 Å². The maximum Gasteiger partial charge on any atom is 0.155 e. The van der Waals surface area contributed by atoms with Crippen LogP contribution in [-0.4, -0.2) is 23.5 Å². The van der Waals surface area contributed by atoms with Crippen LogP contribution in [0.5, 0.6) is 0 Å². The molecule has 2 N–H and O–H groups in total. The molecule has 3 aliphatic rings. The number of carbonyl (C=O) groups is 1. The number of hydrogen-bond acceptors (Lipinski definition) is 3. The fourth-order valence-corrected chi connectivity index (χ4v) is 3.94. The van der Waals surface area contributed by atoms with Gasteiger partial charge in [-0.05, 0) is 51.4 Å². The van der Waals surface area contributed by atoms with Crippen molar-refractivity contribution in [2.45, 2.75) is 69.4 Å². The molecule has 0 amide bonds. The summed E-state index contributed by atoms with van der Waals surface area (Å²) < 4.78 is 6.00. The first kappa shape index (κ1) is 12.6. The van der Waals surface area contributed by atoms with E-state index in [9.17, 15) is 4.79 Å². The third kappa shape index (κ3) is 2.12. The zero-order valence-corrected chi connectivity index (χ0v) is 11.4. The van der Waals surface area contributed by atoms with Crippen LogP contribution in [0.1, 0.15) is 58.3 Å². The molecule has 18 heavy (non-hydrogen) atoms. The van der Waals surface area contributed by atoms with Crippen molar-refractivity contribution in [3.05, 3.63) is 0 Å². The highest BCUT2D eigenvalue weighted by molar-refractivity contribution is 5.90. The second-order valence-electron chi connectivity index (χ2n) is 6.85. The molecule has 1 spiro atoms. The fourth-order valence-electron chi connectivity index (χ4n) is 3.94. The van der Waals surface area contributed by atoms with Gasteiger partial charge in [0.25, 0.3) is 0 Å². The smallest absolute Gasteiger partial charge is 0.155 e. The molecule has 2 aliphatic carbocycles. The summed E-state index contributed by atoms with van der Waals surface area (Å²) in [5.41, 5.74) is 5.74. The lowest BCUT2D eigenvalue weighted by Gasteiger charge is -2.40. The van der Waals surface area contributed by atoms with E-state index in [2.05, 4.69) is 0 Å².